The average molecular weight is 460 g/mol. The van der Waals surface area contributed by atoms with Gasteiger partial charge < -0.3 is 19.9 Å². The Morgan fingerprint density at radius 3 is 2.82 bits per heavy atom. The van der Waals surface area contributed by atoms with Crippen LogP contribution < -0.4 is 15.4 Å². The standard InChI is InChI=1S/C26H26FN5O2/c1-4-21-18-12-16(5-6-17(18)26(33)31-21)22-13-24(30-14-29-22)28-9-10-32-15(2)11-19-23(34-3)8-7-20(27)25(19)32/h5-8,11-14,21H,4,9-10H2,1-3H3,(H,31,33)(H,28,29,30)/t21-/m1/s1. The van der Waals surface area contributed by atoms with Crippen LogP contribution in [0.2, 0.25) is 0 Å². The summed E-state index contributed by atoms with van der Waals surface area (Å²) in [5.41, 5.74) is 4.92. The van der Waals surface area contributed by atoms with Crippen LogP contribution in [0.5, 0.6) is 5.75 Å². The zero-order valence-corrected chi connectivity index (χ0v) is 19.4. The Balaban J connectivity index is 1.35. The van der Waals surface area contributed by atoms with Crippen LogP contribution in [0.25, 0.3) is 22.2 Å². The molecule has 1 aliphatic rings. The number of anilines is 1. The Morgan fingerprint density at radius 2 is 2.03 bits per heavy atom. The van der Waals surface area contributed by atoms with Gasteiger partial charge >= 0.3 is 0 Å². The van der Waals surface area contributed by atoms with E-state index in [0.29, 0.717) is 30.2 Å². The van der Waals surface area contributed by atoms with Crippen molar-refractivity contribution in [3.63, 3.8) is 0 Å². The van der Waals surface area contributed by atoms with Crippen molar-refractivity contribution in [3.05, 3.63) is 71.4 Å². The number of aryl methyl sites for hydroxylation is 1. The van der Waals surface area contributed by atoms with Gasteiger partial charge in [0.1, 0.15) is 23.7 Å². The van der Waals surface area contributed by atoms with Crippen LogP contribution in [0.4, 0.5) is 10.2 Å². The molecule has 2 N–H and O–H groups in total. The van der Waals surface area contributed by atoms with Gasteiger partial charge in [0, 0.05) is 41.4 Å². The molecule has 1 amide bonds. The Morgan fingerprint density at radius 1 is 1.18 bits per heavy atom. The molecular weight excluding hydrogens is 433 g/mol. The second kappa shape index (κ2) is 8.78. The normalized spacial score (nSPS) is 14.8. The molecular formula is C26H26FN5O2. The molecule has 174 valence electrons. The number of carbonyl (C=O) groups is 1. The van der Waals surface area contributed by atoms with Gasteiger partial charge in [-0.15, -0.1) is 0 Å². The number of rotatable bonds is 7. The van der Waals surface area contributed by atoms with Gasteiger partial charge in [-0.2, -0.15) is 0 Å². The number of amides is 1. The Bertz CT molecular complexity index is 1400. The summed E-state index contributed by atoms with van der Waals surface area (Å²) in [4.78, 5) is 20.9. The molecule has 0 aliphatic carbocycles. The number of nitrogens with zero attached hydrogens (tertiary/aromatic N) is 3. The molecule has 34 heavy (non-hydrogen) atoms. The number of hydrogen-bond donors (Lipinski definition) is 2. The molecule has 8 heteroatoms. The van der Waals surface area contributed by atoms with Crippen molar-refractivity contribution in [3.8, 4) is 17.0 Å². The zero-order chi connectivity index (χ0) is 23.8. The fourth-order valence-corrected chi connectivity index (χ4v) is 4.67. The van der Waals surface area contributed by atoms with E-state index in [9.17, 15) is 9.18 Å². The number of fused-ring (bicyclic) bond motifs is 2. The van der Waals surface area contributed by atoms with Crippen LogP contribution in [0, 0.1) is 12.7 Å². The molecule has 0 bridgehead atoms. The second-order valence-electron chi connectivity index (χ2n) is 8.40. The maximum absolute atomic E-state index is 14.6. The van der Waals surface area contributed by atoms with Gasteiger partial charge in [-0.1, -0.05) is 13.0 Å². The topological polar surface area (TPSA) is 81.1 Å². The van der Waals surface area contributed by atoms with Crippen molar-refractivity contribution < 1.29 is 13.9 Å². The van der Waals surface area contributed by atoms with Crippen molar-refractivity contribution in [1.82, 2.24) is 19.9 Å². The first-order chi connectivity index (χ1) is 16.5. The van der Waals surface area contributed by atoms with Gasteiger partial charge in [0.15, 0.2) is 0 Å². The van der Waals surface area contributed by atoms with Crippen molar-refractivity contribution in [1.29, 1.82) is 0 Å². The Hall–Kier alpha value is -3.94. The fraction of sp³-hybridized carbons (Fsp3) is 0.269. The largest absolute Gasteiger partial charge is 0.496 e. The molecule has 4 aromatic rings. The van der Waals surface area contributed by atoms with E-state index in [1.54, 1.807) is 13.2 Å². The molecule has 0 radical (unpaired) electrons. The minimum absolute atomic E-state index is 0.0275. The fourth-order valence-electron chi connectivity index (χ4n) is 4.67. The quantitative estimate of drug-likeness (QED) is 0.413. The van der Waals surface area contributed by atoms with Crippen molar-refractivity contribution in [2.24, 2.45) is 0 Å². The van der Waals surface area contributed by atoms with Crippen molar-refractivity contribution in [2.45, 2.75) is 32.9 Å². The Kier molecular flexibility index (Phi) is 5.65. The Labute approximate surface area is 197 Å². The van der Waals surface area contributed by atoms with Gasteiger partial charge in [-0.05, 0) is 49.2 Å². The summed E-state index contributed by atoms with van der Waals surface area (Å²) in [6.07, 6.45) is 2.35. The molecule has 5 rings (SSSR count). The predicted octanol–water partition coefficient (Wildman–Crippen LogP) is 4.86. The van der Waals surface area contributed by atoms with Gasteiger partial charge in [0.25, 0.3) is 5.91 Å². The summed E-state index contributed by atoms with van der Waals surface area (Å²) in [6.45, 7) is 5.12. The van der Waals surface area contributed by atoms with E-state index in [4.69, 9.17) is 4.74 Å². The molecule has 1 atom stereocenters. The summed E-state index contributed by atoms with van der Waals surface area (Å²) in [7, 11) is 1.59. The lowest BCUT2D eigenvalue weighted by molar-refractivity contribution is 0.0955. The zero-order valence-electron chi connectivity index (χ0n) is 19.4. The van der Waals surface area contributed by atoms with Crippen LogP contribution in [0.1, 0.15) is 41.0 Å². The number of aromatic nitrogens is 3. The number of nitrogens with one attached hydrogen (secondary N) is 2. The summed E-state index contributed by atoms with van der Waals surface area (Å²) < 4.78 is 21.9. The van der Waals surface area contributed by atoms with Gasteiger partial charge in [0.2, 0.25) is 0 Å². The first-order valence-electron chi connectivity index (χ1n) is 11.3. The molecule has 0 unspecified atom stereocenters. The molecule has 2 aromatic heterocycles. The van der Waals surface area contributed by atoms with Gasteiger partial charge in [0.05, 0.1) is 24.4 Å². The highest BCUT2D eigenvalue weighted by Crippen LogP contribution is 2.32. The van der Waals surface area contributed by atoms with E-state index < -0.39 is 0 Å². The van der Waals surface area contributed by atoms with E-state index >= 15 is 0 Å². The molecule has 0 saturated carbocycles. The smallest absolute Gasteiger partial charge is 0.252 e. The molecule has 3 heterocycles. The van der Waals surface area contributed by atoms with Crippen LogP contribution >= 0.6 is 0 Å². The number of ether oxygens (including phenoxy) is 1. The third-order valence-corrected chi connectivity index (χ3v) is 6.39. The van der Waals surface area contributed by atoms with Crippen LogP contribution in [0.15, 0.2) is 48.8 Å². The number of carbonyl (C=O) groups excluding carboxylic acids is 1. The lowest BCUT2D eigenvalue weighted by atomic mass is 9.99. The monoisotopic (exact) mass is 459 g/mol. The maximum atomic E-state index is 14.6. The SMILES string of the molecule is CC[C@H]1NC(=O)c2ccc(-c3cc(NCCn4c(C)cc5c(OC)ccc(F)c54)ncn3)cc21. The first-order valence-corrected chi connectivity index (χ1v) is 11.3. The van der Waals surface area contributed by atoms with E-state index in [-0.39, 0.29) is 17.8 Å². The van der Waals surface area contributed by atoms with Crippen LogP contribution in [-0.4, -0.2) is 34.1 Å². The molecule has 1 aliphatic heterocycles. The predicted molar refractivity (Wildman–Crippen MR) is 130 cm³/mol. The number of hydrogen-bond acceptors (Lipinski definition) is 5. The van der Waals surface area contributed by atoms with Crippen molar-refractivity contribution in [2.75, 3.05) is 19.0 Å². The number of halogens is 1. The highest BCUT2D eigenvalue weighted by molar-refractivity contribution is 5.99. The molecule has 0 spiro atoms. The highest BCUT2D eigenvalue weighted by Gasteiger charge is 2.27. The third kappa shape index (κ3) is 3.75. The van der Waals surface area contributed by atoms with Gasteiger partial charge in [-0.3, -0.25) is 4.79 Å². The second-order valence-corrected chi connectivity index (χ2v) is 8.40. The molecule has 7 nitrogen and oxygen atoms in total. The minimum atomic E-state index is -0.275. The van der Waals surface area contributed by atoms with Crippen LogP contribution in [0.3, 0.4) is 0 Å². The molecule has 2 aromatic carbocycles. The van der Waals surface area contributed by atoms with E-state index in [2.05, 4.69) is 27.5 Å². The number of benzene rings is 2. The lowest BCUT2D eigenvalue weighted by Crippen LogP contribution is -2.17. The molecule has 0 fully saturated rings. The minimum Gasteiger partial charge on any atom is -0.496 e. The molecule has 0 saturated heterocycles. The summed E-state index contributed by atoms with van der Waals surface area (Å²) in [6, 6.07) is 12.7. The number of methoxy groups -OCH3 is 1. The van der Waals surface area contributed by atoms with E-state index in [0.717, 1.165) is 39.9 Å². The third-order valence-electron chi connectivity index (χ3n) is 6.39. The first kappa shape index (κ1) is 21.9. The summed E-state index contributed by atoms with van der Waals surface area (Å²) >= 11 is 0. The van der Waals surface area contributed by atoms with Crippen molar-refractivity contribution >= 4 is 22.6 Å². The summed E-state index contributed by atoms with van der Waals surface area (Å²) in [5.74, 6) is 1.03. The van der Waals surface area contributed by atoms with Gasteiger partial charge in [-0.25, -0.2) is 14.4 Å². The lowest BCUT2D eigenvalue weighted by Gasteiger charge is -2.12. The average Bonchev–Trinajstić information content (AvgIpc) is 3.36. The maximum Gasteiger partial charge on any atom is 0.252 e. The van der Waals surface area contributed by atoms with E-state index in [1.165, 1.54) is 12.4 Å². The highest BCUT2D eigenvalue weighted by atomic mass is 19.1. The van der Waals surface area contributed by atoms with Crippen LogP contribution in [-0.2, 0) is 6.54 Å². The summed E-state index contributed by atoms with van der Waals surface area (Å²) in [5, 5.41) is 7.09. The van der Waals surface area contributed by atoms with E-state index in [1.807, 2.05) is 41.8 Å².